The number of hydrogen-bond acceptors (Lipinski definition) is 3. The molecule has 6 heteroatoms. The van der Waals surface area contributed by atoms with Crippen LogP contribution in [0.25, 0.3) is 0 Å². The molecular weight excluding hydrogens is 352 g/mol. The Morgan fingerprint density at radius 3 is 2.65 bits per heavy atom. The number of aryl methyl sites for hydroxylation is 1. The van der Waals surface area contributed by atoms with Crippen LogP contribution in [0.4, 0.5) is 11.4 Å². The van der Waals surface area contributed by atoms with Gasteiger partial charge in [-0.3, -0.25) is 9.59 Å². The van der Waals surface area contributed by atoms with Gasteiger partial charge >= 0.3 is 0 Å². The molecule has 26 heavy (non-hydrogen) atoms. The highest BCUT2D eigenvalue weighted by Gasteiger charge is 2.27. The summed E-state index contributed by atoms with van der Waals surface area (Å²) in [7, 11) is 0. The maximum atomic E-state index is 12.7. The molecular formula is C20H21ClN2O3. The standard InChI is InChI=1S/C20H21ClN2O3/c1-13-3-8-18-17(11-13)23(12-14(2)26-18)20(25)10-9-19(24)22-16-6-4-15(21)5-7-16/h3-8,11,14H,9-10,12H2,1-2H3,(H,22,24)/t14-/m0/s1. The summed E-state index contributed by atoms with van der Waals surface area (Å²) in [5, 5.41) is 3.38. The zero-order chi connectivity index (χ0) is 18.7. The van der Waals surface area contributed by atoms with Gasteiger partial charge in [0.05, 0.1) is 12.2 Å². The van der Waals surface area contributed by atoms with Gasteiger partial charge < -0.3 is 15.0 Å². The molecule has 0 aromatic heterocycles. The van der Waals surface area contributed by atoms with Crippen molar-refractivity contribution in [1.29, 1.82) is 0 Å². The molecule has 2 amide bonds. The molecule has 0 aliphatic carbocycles. The molecule has 1 heterocycles. The number of nitrogens with zero attached hydrogens (tertiary/aromatic N) is 1. The van der Waals surface area contributed by atoms with Gasteiger partial charge in [-0.2, -0.15) is 0 Å². The van der Waals surface area contributed by atoms with Crippen molar-refractivity contribution >= 4 is 34.8 Å². The van der Waals surface area contributed by atoms with Gasteiger partial charge in [-0.1, -0.05) is 17.7 Å². The SMILES string of the molecule is Cc1ccc2c(c1)N(C(=O)CCC(=O)Nc1ccc(Cl)cc1)C[C@H](C)O2. The molecule has 1 aliphatic heterocycles. The fourth-order valence-electron chi connectivity index (χ4n) is 2.90. The molecule has 136 valence electrons. The number of nitrogens with one attached hydrogen (secondary N) is 1. The zero-order valence-corrected chi connectivity index (χ0v) is 15.5. The zero-order valence-electron chi connectivity index (χ0n) is 14.8. The highest BCUT2D eigenvalue weighted by atomic mass is 35.5. The summed E-state index contributed by atoms with van der Waals surface area (Å²) in [6, 6.07) is 12.6. The molecule has 2 aromatic rings. The van der Waals surface area contributed by atoms with E-state index in [-0.39, 0.29) is 30.8 Å². The first-order valence-corrected chi connectivity index (χ1v) is 8.93. The maximum Gasteiger partial charge on any atom is 0.227 e. The Balaban J connectivity index is 1.62. The average molecular weight is 373 g/mol. The van der Waals surface area contributed by atoms with E-state index in [1.807, 2.05) is 32.0 Å². The maximum absolute atomic E-state index is 12.7. The summed E-state index contributed by atoms with van der Waals surface area (Å²) in [4.78, 5) is 26.5. The summed E-state index contributed by atoms with van der Waals surface area (Å²) in [5.41, 5.74) is 2.49. The first-order chi connectivity index (χ1) is 12.4. The summed E-state index contributed by atoms with van der Waals surface area (Å²) in [6.45, 7) is 4.38. The van der Waals surface area contributed by atoms with Gasteiger partial charge in [-0.05, 0) is 55.8 Å². The van der Waals surface area contributed by atoms with Crippen molar-refractivity contribution in [2.24, 2.45) is 0 Å². The van der Waals surface area contributed by atoms with E-state index in [0.717, 1.165) is 11.3 Å². The van der Waals surface area contributed by atoms with Crippen LogP contribution in [0.1, 0.15) is 25.3 Å². The van der Waals surface area contributed by atoms with Crippen molar-refractivity contribution in [3.8, 4) is 5.75 Å². The molecule has 1 atom stereocenters. The average Bonchev–Trinajstić information content (AvgIpc) is 2.61. The van der Waals surface area contributed by atoms with Gasteiger partial charge in [0, 0.05) is 23.6 Å². The Labute approximate surface area is 157 Å². The summed E-state index contributed by atoms with van der Waals surface area (Å²) in [5.74, 6) is 0.415. The Morgan fingerprint density at radius 1 is 1.19 bits per heavy atom. The Kier molecular flexibility index (Phi) is 5.47. The molecule has 1 N–H and O–H groups in total. The largest absolute Gasteiger partial charge is 0.487 e. The van der Waals surface area contributed by atoms with Crippen molar-refractivity contribution in [2.45, 2.75) is 32.8 Å². The molecule has 0 saturated carbocycles. The highest BCUT2D eigenvalue weighted by Crippen LogP contribution is 2.34. The van der Waals surface area contributed by atoms with E-state index in [2.05, 4.69) is 5.32 Å². The number of fused-ring (bicyclic) bond motifs is 1. The number of amides is 2. The molecule has 5 nitrogen and oxygen atoms in total. The summed E-state index contributed by atoms with van der Waals surface area (Å²) in [6.07, 6.45) is 0.172. The van der Waals surface area contributed by atoms with Crippen LogP contribution in [0, 0.1) is 6.92 Å². The van der Waals surface area contributed by atoms with E-state index in [4.69, 9.17) is 16.3 Å². The fourth-order valence-corrected chi connectivity index (χ4v) is 3.02. The lowest BCUT2D eigenvalue weighted by Crippen LogP contribution is -2.42. The fraction of sp³-hybridized carbons (Fsp3) is 0.300. The molecule has 0 fully saturated rings. The van der Waals surface area contributed by atoms with Crippen molar-refractivity contribution in [3.05, 3.63) is 53.1 Å². The van der Waals surface area contributed by atoms with Gasteiger partial charge in [0.25, 0.3) is 0 Å². The molecule has 0 unspecified atom stereocenters. The van der Waals surface area contributed by atoms with E-state index in [1.165, 1.54) is 0 Å². The summed E-state index contributed by atoms with van der Waals surface area (Å²) < 4.78 is 5.80. The molecule has 2 aromatic carbocycles. The van der Waals surface area contributed by atoms with Gasteiger partial charge in [0.2, 0.25) is 11.8 Å². The van der Waals surface area contributed by atoms with Crippen LogP contribution in [-0.4, -0.2) is 24.5 Å². The van der Waals surface area contributed by atoms with Crippen molar-refractivity contribution < 1.29 is 14.3 Å². The number of benzene rings is 2. The lowest BCUT2D eigenvalue weighted by atomic mass is 10.1. The number of hydrogen-bond donors (Lipinski definition) is 1. The molecule has 0 spiro atoms. The second-order valence-corrected chi connectivity index (χ2v) is 6.90. The third kappa shape index (κ3) is 4.35. The Hall–Kier alpha value is -2.53. The number of halogens is 1. The smallest absolute Gasteiger partial charge is 0.227 e. The Morgan fingerprint density at radius 2 is 1.92 bits per heavy atom. The minimum Gasteiger partial charge on any atom is -0.487 e. The predicted octanol–water partition coefficient (Wildman–Crippen LogP) is 4.18. The number of anilines is 2. The molecule has 3 rings (SSSR count). The predicted molar refractivity (Wildman–Crippen MR) is 103 cm³/mol. The second kappa shape index (κ2) is 7.79. The van der Waals surface area contributed by atoms with E-state index >= 15 is 0 Å². The number of ether oxygens (including phenoxy) is 1. The van der Waals surface area contributed by atoms with Crippen LogP contribution in [-0.2, 0) is 9.59 Å². The number of carbonyl (C=O) groups excluding carboxylic acids is 2. The normalized spacial score (nSPS) is 15.8. The van der Waals surface area contributed by atoms with Crippen molar-refractivity contribution in [1.82, 2.24) is 0 Å². The minimum atomic E-state index is -0.202. The third-order valence-electron chi connectivity index (χ3n) is 4.17. The van der Waals surface area contributed by atoms with Crippen molar-refractivity contribution in [2.75, 3.05) is 16.8 Å². The van der Waals surface area contributed by atoms with E-state index in [0.29, 0.717) is 23.0 Å². The first-order valence-electron chi connectivity index (χ1n) is 8.55. The van der Waals surface area contributed by atoms with Crippen LogP contribution < -0.4 is 15.0 Å². The van der Waals surface area contributed by atoms with Crippen LogP contribution in [0.2, 0.25) is 5.02 Å². The second-order valence-electron chi connectivity index (χ2n) is 6.46. The van der Waals surface area contributed by atoms with E-state index in [1.54, 1.807) is 29.2 Å². The highest BCUT2D eigenvalue weighted by molar-refractivity contribution is 6.30. The minimum absolute atomic E-state index is 0.0849. The first kappa shape index (κ1) is 18.3. The monoisotopic (exact) mass is 372 g/mol. The molecule has 0 radical (unpaired) electrons. The van der Waals surface area contributed by atoms with Crippen LogP contribution in [0.15, 0.2) is 42.5 Å². The lowest BCUT2D eigenvalue weighted by Gasteiger charge is -2.33. The third-order valence-corrected chi connectivity index (χ3v) is 4.42. The van der Waals surface area contributed by atoms with Gasteiger partial charge in [0.15, 0.2) is 0 Å². The van der Waals surface area contributed by atoms with Gasteiger partial charge in [0.1, 0.15) is 11.9 Å². The number of rotatable bonds is 4. The van der Waals surface area contributed by atoms with Crippen LogP contribution >= 0.6 is 11.6 Å². The molecule has 0 bridgehead atoms. The topological polar surface area (TPSA) is 58.6 Å². The molecule has 1 aliphatic rings. The van der Waals surface area contributed by atoms with Gasteiger partial charge in [-0.15, -0.1) is 0 Å². The van der Waals surface area contributed by atoms with Crippen LogP contribution in [0.3, 0.4) is 0 Å². The van der Waals surface area contributed by atoms with Crippen molar-refractivity contribution in [3.63, 3.8) is 0 Å². The lowest BCUT2D eigenvalue weighted by molar-refractivity contribution is -0.122. The van der Waals surface area contributed by atoms with E-state index < -0.39 is 0 Å². The van der Waals surface area contributed by atoms with Crippen LogP contribution in [0.5, 0.6) is 5.75 Å². The number of carbonyl (C=O) groups is 2. The van der Waals surface area contributed by atoms with E-state index in [9.17, 15) is 9.59 Å². The Bertz CT molecular complexity index is 820. The molecule has 0 saturated heterocycles. The summed E-state index contributed by atoms with van der Waals surface area (Å²) >= 11 is 5.83. The quantitative estimate of drug-likeness (QED) is 0.875. The van der Waals surface area contributed by atoms with Gasteiger partial charge in [-0.25, -0.2) is 0 Å².